The maximum atomic E-state index is 12.4. The van der Waals surface area contributed by atoms with Crippen molar-refractivity contribution in [3.8, 4) is 0 Å². The first-order valence-corrected chi connectivity index (χ1v) is 9.25. The van der Waals surface area contributed by atoms with Crippen molar-refractivity contribution in [2.24, 2.45) is 5.92 Å². The topological polar surface area (TPSA) is 92.3 Å². The van der Waals surface area contributed by atoms with Crippen LogP contribution >= 0.6 is 0 Å². The van der Waals surface area contributed by atoms with Crippen LogP contribution in [0.2, 0.25) is 0 Å². The summed E-state index contributed by atoms with van der Waals surface area (Å²) in [5.74, 6) is 0.555. The van der Waals surface area contributed by atoms with E-state index in [4.69, 9.17) is 0 Å². The lowest BCUT2D eigenvalue weighted by Gasteiger charge is -2.30. The van der Waals surface area contributed by atoms with Crippen molar-refractivity contribution in [2.45, 2.75) is 33.1 Å². The van der Waals surface area contributed by atoms with Crippen LogP contribution in [0, 0.1) is 12.8 Å². The molecule has 1 aromatic heterocycles. The number of aromatic nitrogens is 2. The fraction of sp³-hybridized carbons (Fsp3) is 0.643. The molecule has 7 nitrogen and oxygen atoms in total. The molecule has 1 aliphatic rings. The van der Waals surface area contributed by atoms with Crippen molar-refractivity contribution in [1.82, 2.24) is 14.3 Å². The van der Waals surface area contributed by atoms with Gasteiger partial charge in [-0.25, -0.2) is 22.7 Å². The van der Waals surface area contributed by atoms with Gasteiger partial charge in [0.1, 0.15) is 11.6 Å². The highest BCUT2D eigenvalue weighted by molar-refractivity contribution is 7.88. The fourth-order valence-electron chi connectivity index (χ4n) is 2.56. The zero-order valence-corrected chi connectivity index (χ0v) is 14.0. The van der Waals surface area contributed by atoms with Crippen LogP contribution in [0.5, 0.6) is 0 Å². The Morgan fingerprint density at radius 3 is 2.82 bits per heavy atom. The molecule has 0 aromatic carbocycles. The van der Waals surface area contributed by atoms with Gasteiger partial charge in [-0.15, -0.1) is 0 Å². The summed E-state index contributed by atoms with van der Waals surface area (Å²) in [4.78, 5) is 20.8. The molecule has 1 saturated heterocycles. The molecule has 1 aliphatic heterocycles. The first kappa shape index (κ1) is 16.8. The molecule has 2 rings (SSSR count). The molecule has 1 atom stereocenters. The van der Waals surface area contributed by atoms with Crippen LogP contribution < -0.4 is 5.32 Å². The lowest BCUT2D eigenvalue weighted by molar-refractivity contribution is -0.120. The molecule has 122 valence electrons. The highest BCUT2D eigenvalue weighted by Gasteiger charge is 2.30. The molecule has 8 heteroatoms. The Morgan fingerprint density at radius 1 is 1.45 bits per heavy atom. The van der Waals surface area contributed by atoms with E-state index in [1.807, 2.05) is 6.92 Å². The van der Waals surface area contributed by atoms with E-state index in [-0.39, 0.29) is 18.4 Å². The van der Waals surface area contributed by atoms with Gasteiger partial charge in [0.25, 0.3) is 0 Å². The fourth-order valence-corrected chi connectivity index (χ4v) is 3.47. The molecule has 0 spiro atoms. The zero-order chi connectivity index (χ0) is 16.3. The number of rotatable bonds is 4. The van der Waals surface area contributed by atoms with Crippen LogP contribution in [0.25, 0.3) is 0 Å². The normalized spacial score (nSPS) is 19.9. The SMILES string of the molecule is CCc1cc(NC(=O)C2CCCN(S(C)(=O)=O)C2)nc(C)n1. The Morgan fingerprint density at radius 2 is 2.18 bits per heavy atom. The van der Waals surface area contributed by atoms with Gasteiger partial charge in [0.15, 0.2) is 0 Å². The molecule has 1 aromatic rings. The molecule has 1 N–H and O–H groups in total. The summed E-state index contributed by atoms with van der Waals surface area (Å²) in [6.07, 6.45) is 3.31. The Labute approximate surface area is 131 Å². The molecule has 1 fully saturated rings. The number of amides is 1. The number of piperidine rings is 1. The lowest BCUT2D eigenvalue weighted by Crippen LogP contribution is -2.43. The van der Waals surface area contributed by atoms with E-state index in [1.165, 1.54) is 10.6 Å². The standard InChI is InChI=1S/C14H22N4O3S/c1-4-12-8-13(16-10(2)15-12)17-14(19)11-6-5-7-18(9-11)22(3,20)21/h8,11H,4-7,9H2,1-3H3,(H,15,16,17,19). The van der Waals surface area contributed by atoms with E-state index in [1.54, 1.807) is 13.0 Å². The number of nitrogens with one attached hydrogen (secondary N) is 1. The predicted molar refractivity (Wildman–Crippen MR) is 83.9 cm³/mol. The summed E-state index contributed by atoms with van der Waals surface area (Å²) >= 11 is 0. The number of hydrogen-bond donors (Lipinski definition) is 1. The minimum absolute atomic E-state index is 0.187. The molecule has 0 saturated carbocycles. The molecule has 1 unspecified atom stereocenters. The van der Waals surface area contributed by atoms with E-state index in [0.717, 1.165) is 12.1 Å². The van der Waals surface area contributed by atoms with Crippen LogP contribution in [0.1, 0.15) is 31.3 Å². The third kappa shape index (κ3) is 4.23. The average Bonchev–Trinajstić information content (AvgIpc) is 2.45. The number of carbonyl (C=O) groups is 1. The zero-order valence-electron chi connectivity index (χ0n) is 13.2. The largest absolute Gasteiger partial charge is 0.310 e. The number of nitrogens with zero attached hydrogens (tertiary/aromatic N) is 3. The molecule has 0 bridgehead atoms. The summed E-state index contributed by atoms with van der Waals surface area (Å²) in [7, 11) is -3.25. The molecule has 0 radical (unpaired) electrons. The second kappa shape index (κ2) is 6.70. The van der Waals surface area contributed by atoms with Crippen LogP contribution in [-0.4, -0.2) is 47.9 Å². The monoisotopic (exact) mass is 326 g/mol. The van der Waals surface area contributed by atoms with Gasteiger partial charge in [-0.3, -0.25) is 4.79 Å². The second-order valence-corrected chi connectivity index (χ2v) is 7.58. The van der Waals surface area contributed by atoms with Crippen molar-refractivity contribution in [1.29, 1.82) is 0 Å². The molecular weight excluding hydrogens is 304 g/mol. The number of hydrogen-bond acceptors (Lipinski definition) is 5. The van der Waals surface area contributed by atoms with Crippen LogP contribution in [0.15, 0.2) is 6.07 Å². The Kier molecular flexibility index (Phi) is 5.12. The molecule has 2 heterocycles. The quantitative estimate of drug-likeness (QED) is 0.889. The van der Waals surface area contributed by atoms with Gasteiger partial charge in [-0.05, 0) is 26.2 Å². The van der Waals surface area contributed by atoms with Crippen molar-refractivity contribution < 1.29 is 13.2 Å². The van der Waals surface area contributed by atoms with Gasteiger partial charge in [0, 0.05) is 24.8 Å². The summed E-state index contributed by atoms with van der Waals surface area (Å²) < 4.78 is 24.6. The van der Waals surface area contributed by atoms with Crippen molar-refractivity contribution in [2.75, 3.05) is 24.7 Å². The van der Waals surface area contributed by atoms with Crippen molar-refractivity contribution in [3.63, 3.8) is 0 Å². The van der Waals surface area contributed by atoms with Gasteiger partial charge in [-0.1, -0.05) is 6.92 Å². The Balaban J connectivity index is 2.07. The molecule has 22 heavy (non-hydrogen) atoms. The van der Waals surface area contributed by atoms with E-state index in [9.17, 15) is 13.2 Å². The van der Waals surface area contributed by atoms with E-state index >= 15 is 0 Å². The maximum Gasteiger partial charge on any atom is 0.229 e. The van der Waals surface area contributed by atoms with Crippen LogP contribution in [0.4, 0.5) is 5.82 Å². The molecule has 1 amide bonds. The maximum absolute atomic E-state index is 12.4. The van der Waals surface area contributed by atoms with E-state index in [0.29, 0.717) is 31.0 Å². The minimum atomic E-state index is -3.25. The first-order valence-electron chi connectivity index (χ1n) is 7.40. The van der Waals surface area contributed by atoms with Crippen molar-refractivity contribution in [3.05, 3.63) is 17.6 Å². The van der Waals surface area contributed by atoms with Crippen molar-refractivity contribution >= 4 is 21.7 Å². The highest BCUT2D eigenvalue weighted by atomic mass is 32.2. The number of aryl methyl sites for hydroxylation is 2. The predicted octanol–water partition coefficient (Wildman–Crippen LogP) is 0.958. The van der Waals surface area contributed by atoms with Gasteiger partial charge in [0.2, 0.25) is 15.9 Å². The van der Waals surface area contributed by atoms with Gasteiger partial charge >= 0.3 is 0 Å². The van der Waals surface area contributed by atoms with Gasteiger partial charge in [-0.2, -0.15) is 0 Å². The Hall–Kier alpha value is -1.54. The van der Waals surface area contributed by atoms with Gasteiger partial charge < -0.3 is 5.32 Å². The third-order valence-corrected chi connectivity index (χ3v) is 5.00. The summed E-state index contributed by atoms with van der Waals surface area (Å²) in [6, 6.07) is 1.75. The number of anilines is 1. The summed E-state index contributed by atoms with van der Waals surface area (Å²) in [5.41, 5.74) is 0.865. The smallest absolute Gasteiger partial charge is 0.229 e. The molecule has 0 aliphatic carbocycles. The van der Waals surface area contributed by atoms with Gasteiger partial charge in [0.05, 0.1) is 12.2 Å². The Bertz CT molecular complexity index is 660. The third-order valence-electron chi connectivity index (χ3n) is 3.73. The van der Waals surface area contributed by atoms with E-state index in [2.05, 4.69) is 15.3 Å². The summed E-state index contributed by atoms with van der Waals surface area (Å²) in [5, 5.41) is 2.79. The summed E-state index contributed by atoms with van der Waals surface area (Å²) in [6.45, 7) is 4.48. The second-order valence-electron chi connectivity index (χ2n) is 5.59. The first-order chi connectivity index (χ1) is 10.3. The van der Waals surface area contributed by atoms with E-state index < -0.39 is 10.0 Å². The molecular formula is C14H22N4O3S. The lowest BCUT2D eigenvalue weighted by atomic mass is 9.99. The van der Waals surface area contributed by atoms with Crippen LogP contribution in [-0.2, 0) is 21.2 Å². The number of sulfonamides is 1. The number of carbonyl (C=O) groups excluding carboxylic acids is 1. The minimum Gasteiger partial charge on any atom is -0.310 e. The van der Waals surface area contributed by atoms with Crippen LogP contribution in [0.3, 0.4) is 0 Å². The average molecular weight is 326 g/mol. The highest BCUT2D eigenvalue weighted by Crippen LogP contribution is 2.20.